The summed E-state index contributed by atoms with van der Waals surface area (Å²) in [5.74, 6) is 0.130. The predicted octanol–water partition coefficient (Wildman–Crippen LogP) is 1.58. The van der Waals surface area contributed by atoms with Crippen molar-refractivity contribution in [3.05, 3.63) is 36.0 Å². The number of fused-ring (bicyclic) bond motifs is 1. The molecule has 1 heterocycles. The molecule has 78 valence electrons. The van der Waals surface area contributed by atoms with Crippen molar-refractivity contribution in [1.29, 1.82) is 0 Å². The third kappa shape index (κ3) is 1.66. The first-order valence-corrected chi connectivity index (χ1v) is 4.96. The Balaban J connectivity index is 2.59. The second-order valence-corrected chi connectivity index (χ2v) is 3.62. The Kier molecular flexibility index (Phi) is 2.56. The molecule has 0 aliphatic heterocycles. The van der Waals surface area contributed by atoms with Crippen molar-refractivity contribution in [2.75, 3.05) is 13.6 Å². The molecule has 3 nitrogen and oxygen atoms in total. The van der Waals surface area contributed by atoms with Gasteiger partial charge in [0.25, 0.3) is 0 Å². The van der Waals surface area contributed by atoms with Gasteiger partial charge in [-0.2, -0.15) is 0 Å². The Morgan fingerprint density at radius 3 is 2.93 bits per heavy atom. The molecule has 0 aliphatic carbocycles. The van der Waals surface area contributed by atoms with Crippen LogP contribution in [0.15, 0.2) is 30.5 Å². The summed E-state index contributed by atoms with van der Waals surface area (Å²) >= 11 is 0. The van der Waals surface area contributed by atoms with Gasteiger partial charge in [0.15, 0.2) is 5.78 Å². The van der Waals surface area contributed by atoms with Crippen molar-refractivity contribution in [3.8, 4) is 0 Å². The lowest BCUT2D eigenvalue weighted by Crippen LogP contribution is -2.19. The van der Waals surface area contributed by atoms with Gasteiger partial charge in [-0.25, -0.2) is 0 Å². The number of likely N-dealkylation sites (N-methyl/N-ethyl adjacent to an activating group) is 1. The summed E-state index contributed by atoms with van der Waals surface area (Å²) in [7, 11) is 3.74. The molecule has 1 aromatic carbocycles. The van der Waals surface area contributed by atoms with Gasteiger partial charge >= 0.3 is 0 Å². The summed E-state index contributed by atoms with van der Waals surface area (Å²) < 4.78 is 1.98. The lowest BCUT2D eigenvalue weighted by atomic mass is 10.1. The number of Topliss-reactive ketones (excluding diaryl/α,β-unsaturated/α-hetero) is 1. The number of aryl methyl sites for hydroxylation is 1. The van der Waals surface area contributed by atoms with Gasteiger partial charge in [0.05, 0.1) is 12.1 Å². The van der Waals surface area contributed by atoms with Gasteiger partial charge in [0.1, 0.15) is 0 Å². The van der Waals surface area contributed by atoms with Gasteiger partial charge in [-0.15, -0.1) is 0 Å². The van der Waals surface area contributed by atoms with E-state index in [1.807, 2.05) is 42.1 Å². The van der Waals surface area contributed by atoms with E-state index in [9.17, 15) is 4.79 Å². The van der Waals surface area contributed by atoms with Crippen LogP contribution in [0.5, 0.6) is 0 Å². The zero-order chi connectivity index (χ0) is 10.8. The molecule has 0 amide bonds. The average Bonchev–Trinajstić information content (AvgIpc) is 2.61. The SMILES string of the molecule is CNCC(=O)c1cccc2ccn(C)c12. The van der Waals surface area contributed by atoms with Crippen molar-refractivity contribution in [2.24, 2.45) is 7.05 Å². The maximum absolute atomic E-state index is 11.8. The largest absolute Gasteiger partial charge is 0.350 e. The summed E-state index contributed by atoms with van der Waals surface area (Å²) in [6.07, 6.45) is 1.97. The van der Waals surface area contributed by atoms with E-state index in [0.29, 0.717) is 6.54 Å². The molecule has 0 radical (unpaired) electrons. The Morgan fingerprint density at radius 1 is 1.40 bits per heavy atom. The highest BCUT2D eigenvalue weighted by Crippen LogP contribution is 2.19. The zero-order valence-electron chi connectivity index (χ0n) is 8.95. The average molecular weight is 202 g/mol. The molecule has 0 aliphatic rings. The molecule has 15 heavy (non-hydrogen) atoms. The van der Waals surface area contributed by atoms with Crippen molar-refractivity contribution in [1.82, 2.24) is 9.88 Å². The van der Waals surface area contributed by atoms with Crippen LogP contribution in [-0.2, 0) is 7.05 Å². The van der Waals surface area contributed by atoms with E-state index in [1.54, 1.807) is 7.05 Å². The molecule has 3 heteroatoms. The number of ketones is 1. The number of carbonyl (C=O) groups is 1. The van der Waals surface area contributed by atoms with Crippen LogP contribution in [0.25, 0.3) is 10.9 Å². The van der Waals surface area contributed by atoms with Crippen LogP contribution in [-0.4, -0.2) is 23.9 Å². The highest BCUT2D eigenvalue weighted by Gasteiger charge is 2.10. The van der Waals surface area contributed by atoms with E-state index in [1.165, 1.54) is 0 Å². The second-order valence-electron chi connectivity index (χ2n) is 3.62. The number of hydrogen-bond donors (Lipinski definition) is 1. The highest BCUT2D eigenvalue weighted by atomic mass is 16.1. The van der Waals surface area contributed by atoms with Gasteiger partial charge in [-0.05, 0) is 19.2 Å². The molecule has 0 saturated heterocycles. The molecular weight excluding hydrogens is 188 g/mol. The van der Waals surface area contributed by atoms with Crippen molar-refractivity contribution < 1.29 is 4.79 Å². The number of rotatable bonds is 3. The minimum absolute atomic E-state index is 0.130. The number of nitrogens with one attached hydrogen (secondary N) is 1. The Hall–Kier alpha value is -1.61. The molecule has 0 bridgehead atoms. The summed E-state index contributed by atoms with van der Waals surface area (Å²) in [6.45, 7) is 0.379. The van der Waals surface area contributed by atoms with Crippen LogP contribution in [0.3, 0.4) is 0 Å². The minimum Gasteiger partial charge on any atom is -0.350 e. The molecule has 2 rings (SSSR count). The molecule has 0 unspecified atom stereocenters. The fourth-order valence-electron chi connectivity index (χ4n) is 1.84. The van der Waals surface area contributed by atoms with Gasteiger partial charge in [-0.3, -0.25) is 4.79 Å². The lowest BCUT2D eigenvalue weighted by Gasteiger charge is -2.04. The van der Waals surface area contributed by atoms with Crippen molar-refractivity contribution >= 4 is 16.7 Å². The normalized spacial score (nSPS) is 10.8. The Bertz CT molecular complexity index is 499. The number of benzene rings is 1. The van der Waals surface area contributed by atoms with Crippen molar-refractivity contribution in [2.45, 2.75) is 0 Å². The first-order valence-electron chi connectivity index (χ1n) is 4.96. The molecule has 0 saturated carbocycles. The smallest absolute Gasteiger partial charge is 0.178 e. The molecule has 0 fully saturated rings. The van der Waals surface area contributed by atoms with E-state index in [0.717, 1.165) is 16.5 Å². The topological polar surface area (TPSA) is 34.0 Å². The summed E-state index contributed by atoms with van der Waals surface area (Å²) in [6, 6.07) is 7.84. The second kappa shape index (κ2) is 3.87. The van der Waals surface area contributed by atoms with Crippen molar-refractivity contribution in [3.63, 3.8) is 0 Å². The highest BCUT2D eigenvalue weighted by molar-refractivity contribution is 6.08. The fraction of sp³-hybridized carbons (Fsp3) is 0.250. The molecule has 2 aromatic rings. The monoisotopic (exact) mass is 202 g/mol. The third-order valence-corrected chi connectivity index (χ3v) is 2.54. The van der Waals surface area contributed by atoms with Crippen LogP contribution >= 0.6 is 0 Å². The van der Waals surface area contributed by atoms with Gasteiger partial charge in [0.2, 0.25) is 0 Å². The number of para-hydroxylation sites is 1. The quantitative estimate of drug-likeness (QED) is 0.767. The number of aromatic nitrogens is 1. The summed E-state index contributed by atoms with van der Waals surface area (Å²) in [5, 5.41) is 3.99. The van der Waals surface area contributed by atoms with Gasteiger partial charge in [0, 0.05) is 24.2 Å². The third-order valence-electron chi connectivity index (χ3n) is 2.54. The molecule has 1 aromatic heterocycles. The van der Waals surface area contributed by atoms with Crippen LogP contribution in [0, 0.1) is 0 Å². The first kappa shape index (κ1) is 9.93. The Morgan fingerprint density at radius 2 is 2.20 bits per heavy atom. The zero-order valence-corrected chi connectivity index (χ0v) is 8.95. The van der Waals surface area contributed by atoms with Crippen LogP contribution in [0.1, 0.15) is 10.4 Å². The lowest BCUT2D eigenvalue weighted by molar-refractivity contribution is 0.0995. The maximum atomic E-state index is 11.8. The summed E-state index contributed by atoms with van der Waals surface area (Å²) in [5.41, 5.74) is 1.80. The predicted molar refractivity (Wildman–Crippen MR) is 61.2 cm³/mol. The molecule has 1 N–H and O–H groups in total. The van der Waals surface area contributed by atoms with E-state index in [-0.39, 0.29) is 5.78 Å². The number of nitrogens with zero attached hydrogens (tertiary/aromatic N) is 1. The van der Waals surface area contributed by atoms with E-state index < -0.39 is 0 Å². The van der Waals surface area contributed by atoms with Gasteiger partial charge < -0.3 is 9.88 Å². The molecular formula is C12H14N2O. The van der Waals surface area contributed by atoms with E-state index >= 15 is 0 Å². The standard InChI is InChI=1S/C12H14N2O/c1-13-8-11(15)10-5-3-4-9-6-7-14(2)12(9)10/h3-7,13H,8H2,1-2H3. The van der Waals surface area contributed by atoms with Crippen LogP contribution in [0.4, 0.5) is 0 Å². The van der Waals surface area contributed by atoms with Gasteiger partial charge in [-0.1, -0.05) is 12.1 Å². The van der Waals surface area contributed by atoms with Crippen LogP contribution in [0.2, 0.25) is 0 Å². The number of carbonyl (C=O) groups excluding carboxylic acids is 1. The maximum Gasteiger partial charge on any atom is 0.178 e. The fourth-order valence-corrected chi connectivity index (χ4v) is 1.84. The van der Waals surface area contributed by atoms with Crippen LogP contribution < -0.4 is 5.32 Å². The summed E-state index contributed by atoms with van der Waals surface area (Å²) in [4.78, 5) is 11.8. The molecule has 0 spiro atoms. The number of hydrogen-bond acceptors (Lipinski definition) is 2. The first-order chi connectivity index (χ1) is 7.24. The van der Waals surface area contributed by atoms with E-state index in [2.05, 4.69) is 5.32 Å². The Labute approximate surface area is 88.7 Å². The minimum atomic E-state index is 0.130. The van der Waals surface area contributed by atoms with E-state index in [4.69, 9.17) is 0 Å². The molecule has 0 atom stereocenters.